The van der Waals surface area contributed by atoms with Gasteiger partial charge >= 0.3 is 5.97 Å². The van der Waals surface area contributed by atoms with Gasteiger partial charge in [-0.25, -0.2) is 9.78 Å². The Morgan fingerprint density at radius 2 is 2.13 bits per heavy atom. The number of thiazole rings is 1. The fourth-order valence-corrected chi connectivity index (χ4v) is 3.50. The third-order valence-electron chi connectivity index (χ3n) is 3.96. The molecule has 0 fully saturated rings. The number of nitrogens with one attached hydrogen (secondary N) is 2. The Morgan fingerprint density at radius 1 is 1.37 bits per heavy atom. The van der Waals surface area contributed by atoms with Crippen LogP contribution in [0.4, 0.5) is 0 Å². The van der Waals surface area contributed by atoms with E-state index in [2.05, 4.69) is 20.6 Å². The lowest BCUT2D eigenvalue weighted by Crippen LogP contribution is -2.38. The number of guanidine groups is 1. The van der Waals surface area contributed by atoms with Gasteiger partial charge in [-0.05, 0) is 38.5 Å². The molecule has 0 aliphatic rings. The highest BCUT2D eigenvalue weighted by atomic mass is 32.1. The number of ether oxygens (including phenoxy) is 2. The van der Waals surface area contributed by atoms with Gasteiger partial charge in [0.15, 0.2) is 12.6 Å². The van der Waals surface area contributed by atoms with Crippen LogP contribution in [0.2, 0.25) is 0 Å². The van der Waals surface area contributed by atoms with Crippen LogP contribution in [0.15, 0.2) is 29.3 Å². The lowest BCUT2D eigenvalue weighted by atomic mass is 10.2. The second-order valence-corrected chi connectivity index (χ2v) is 7.41. The predicted molar refractivity (Wildman–Crippen MR) is 116 cm³/mol. The first-order valence-corrected chi connectivity index (χ1v) is 10.3. The summed E-state index contributed by atoms with van der Waals surface area (Å²) >= 11 is 1.31. The van der Waals surface area contributed by atoms with Crippen LogP contribution in [0.3, 0.4) is 0 Å². The molecular formula is C20H27N5O4S. The Kier molecular flexibility index (Phi) is 8.60. The highest BCUT2D eigenvalue weighted by molar-refractivity contribution is 7.13. The van der Waals surface area contributed by atoms with Gasteiger partial charge in [0.05, 0.1) is 18.3 Å². The molecule has 0 saturated heterocycles. The number of carbonyl (C=O) groups excluding carboxylic acids is 2. The predicted octanol–water partition coefficient (Wildman–Crippen LogP) is 1.92. The van der Waals surface area contributed by atoms with Crippen LogP contribution in [0.25, 0.3) is 0 Å². The van der Waals surface area contributed by atoms with Gasteiger partial charge in [-0.1, -0.05) is 12.1 Å². The number of nitrogens with two attached hydrogens (primary N) is 1. The van der Waals surface area contributed by atoms with E-state index in [1.54, 1.807) is 27.0 Å². The standard InChI is InChI=1S/C20H27N5O4S/c1-5-28-19(27)17-12(2)24-18(30-17)13(3)25-20(22-4)23-10-14-7-6-8-15(9-14)29-11-16(21)26/h6-9,13H,5,10-11H2,1-4H3,(H2,21,26)(H2,22,23,25). The Morgan fingerprint density at radius 3 is 2.80 bits per heavy atom. The molecule has 1 aromatic carbocycles. The number of aryl methyl sites for hydroxylation is 1. The van der Waals surface area contributed by atoms with Gasteiger partial charge in [0.1, 0.15) is 15.6 Å². The zero-order chi connectivity index (χ0) is 22.1. The number of benzene rings is 1. The summed E-state index contributed by atoms with van der Waals surface area (Å²) in [5.74, 6) is 0.262. The minimum atomic E-state index is -0.527. The number of amides is 1. The van der Waals surface area contributed by atoms with E-state index < -0.39 is 5.91 Å². The first-order chi connectivity index (χ1) is 14.3. The fourth-order valence-electron chi connectivity index (χ4n) is 2.54. The highest BCUT2D eigenvalue weighted by Crippen LogP contribution is 2.24. The molecule has 0 aliphatic heterocycles. The van der Waals surface area contributed by atoms with Crippen LogP contribution in [-0.2, 0) is 16.1 Å². The zero-order valence-electron chi connectivity index (χ0n) is 17.5. The highest BCUT2D eigenvalue weighted by Gasteiger charge is 2.20. The third-order valence-corrected chi connectivity index (χ3v) is 5.28. The summed E-state index contributed by atoms with van der Waals surface area (Å²) in [5.41, 5.74) is 6.70. The summed E-state index contributed by atoms with van der Waals surface area (Å²) in [4.78, 5) is 32.1. The second kappa shape index (κ2) is 11.1. The maximum Gasteiger partial charge on any atom is 0.350 e. The van der Waals surface area contributed by atoms with Crippen molar-refractivity contribution in [3.63, 3.8) is 0 Å². The van der Waals surface area contributed by atoms with Crippen molar-refractivity contribution >= 4 is 29.2 Å². The van der Waals surface area contributed by atoms with Gasteiger partial charge in [-0.15, -0.1) is 11.3 Å². The molecule has 9 nitrogen and oxygen atoms in total. The average Bonchev–Trinajstić information content (AvgIpc) is 3.12. The zero-order valence-corrected chi connectivity index (χ0v) is 18.3. The number of primary amides is 1. The van der Waals surface area contributed by atoms with Crippen molar-refractivity contribution in [2.24, 2.45) is 10.7 Å². The summed E-state index contributed by atoms with van der Waals surface area (Å²) in [6.07, 6.45) is 0. The Labute approximate surface area is 179 Å². The Hall–Kier alpha value is -3.14. The third kappa shape index (κ3) is 6.73. The maximum absolute atomic E-state index is 12.0. The van der Waals surface area contributed by atoms with Crippen molar-refractivity contribution in [1.82, 2.24) is 15.6 Å². The van der Waals surface area contributed by atoms with Gasteiger partial charge in [0.25, 0.3) is 5.91 Å². The normalized spacial score (nSPS) is 12.2. The van der Waals surface area contributed by atoms with E-state index in [0.29, 0.717) is 35.4 Å². The van der Waals surface area contributed by atoms with E-state index in [4.69, 9.17) is 15.2 Å². The smallest absolute Gasteiger partial charge is 0.350 e. The first kappa shape index (κ1) is 23.1. The second-order valence-electron chi connectivity index (χ2n) is 6.38. The summed E-state index contributed by atoms with van der Waals surface area (Å²) in [6, 6.07) is 7.18. The van der Waals surface area contributed by atoms with E-state index in [1.807, 2.05) is 25.1 Å². The molecule has 1 atom stereocenters. The van der Waals surface area contributed by atoms with Gasteiger partial charge in [0.2, 0.25) is 0 Å². The Bertz CT molecular complexity index is 912. The molecule has 10 heteroatoms. The van der Waals surface area contributed by atoms with Crippen LogP contribution in [0, 0.1) is 6.92 Å². The molecular weight excluding hydrogens is 406 g/mol. The minimum absolute atomic E-state index is 0.159. The van der Waals surface area contributed by atoms with E-state index in [-0.39, 0.29) is 18.6 Å². The van der Waals surface area contributed by atoms with Gasteiger partial charge in [-0.3, -0.25) is 9.79 Å². The molecule has 1 amide bonds. The Balaban J connectivity index is 1.96. The molecule has 2 aromatic rings. The van der Waals surface area contributed by atoms with Crippen LogP contribution in [-0.4, -0.2) is 43.1 Å². The maximum atomic E-state index is 12.0. The van der Waals surface area contributed by atoms with Crippen LogP contribution < -0.4 is 21.1 Å². The molecule has 1 unspecified atom stereocenters. The van der Waals surface area contributed by atoms with Gasteiger partial charge in [-0.2, -0.15) is 0 Å². The van der Waals surface area contributed by atoms with E-state index in [0.717, 1.165) is 10.6 Å². The molecule has 0 spiro atoms. The van der Waals surface area contributed by atoms with Crippen molar-refractivity contribution in [1.29, 1.82) is 0 Å². The summed E-state index contributed by atoms with van der Waals surface area (Å²) in [5, 5.41) is 7.25. The molecule has 0 bridgehead atoms. The summed E-state index contributed by atoms with van der Waals surface area (Å²) in [7, 11) is 1.67. The number of aromatic nitrogens is 1. The van der Waals surface area contributed by atoms with Crippen LogP contribution >= 0.6 is 11.3 Å². The monoisotopic (exact) mass is 433 g/mol. The SMILES string of the molecule is CCOC(=O)c1sc(C(C)NC(=NC)NCc2cccc(OCC(N)=O)c2)nc1C. The van der Waals surface area contributed by atoms with Gasteiger partial charge < -0.3 is 25.8 Å². The topological polar surface area (TPSA) is 128 Å². The number of rotatable bonds is 9. The van der Waals surface area contributed by atoms with Crippen molar-refractivity contribution in [2.45, 2.75) is 33.4 Å². The minimum Gasteiger partial charge on any atom is -0.484 e. The van der Waals surface area contributed by atoms with Crippen molar-refractivity contribution in [2.75, 3.05) is 20.3 Å². The number of hydrogen-bond donors (Lipinski definition) is 3. The number of nitrogens with zero attached hydrogens (tertiary/aromatic N) is 2. The number of esters is 1. The number of aliphatic imine (C=N–C) groups is 1. The average molecular weight is 434 g/mol. The molecule has 4 N–H and O–H groups in total. The fraction of sp³-hybridized carbons (Fsp3) is 0.400. The molecule has 2 rings (SSSR count). The summed E-state index contributed by atoms with van der Waals surface area (Å²) < 4.78 is 10.4. The van der Waals surface area contributed by atoms with Crippen molar-refractivity contribution in [3.05, 3.63) is 45.4 Å². The molecule has 1 aromatic heterocycles. The molecule has 162 valence electrons. The molecule has 30 heavy (non-hydrogen) atoms. The van der Waals surface area contributed by atoms with E-state index in [1.165, 1.54) is 11.3 Å². The quantitative estimate of drug-likeness (QED) is 0.313. The first-order valence-electron chi connectivity index (χ1n) is 9.45. The molecule has 0 radical (unpaired) electrons. The van der Waals surface area contributed by atoms with E-state index >= 15 is 0 Å². The van der Waals surface area contributed by atoms with Crippen LogP contribution in [0.1, 0.15) is 45.8 Å². The van der Waals surface area contributed by atoms with Crippen molar-refractivity contribution in [3.8, 4) is 5.75 Å². The van der Waals surface area contributed by atoms with Crippen LogP contribution in [0.5, 0.6) is 5.75 Å². The molecule has 0 aliphatic carbocycles. The van der Waals surface area contributed by atoms with Crippen molar-refractivity contribution < 1.29 is 19.1 Å². The largest absolute Gasteiger partial charge is 0.484 e. The lowest BCUT2D eigenvalue weighted by Gasteiger charge is -2.16. The van der Waals surface area contributed by atoms with E-state index in [9.17, 15) is 9.59 Å². The lowest BCUT2D eigenvalue weighted by molar-refractivity contribution is -0.119. The number of hydrogen-bond acceptors (Lipinski definition) is 7. The summed E-state index contributed by atoms with van der Waals surface area (Å²) in [6.45, 7) is 6.15. The number of carbonyl (C=O) groups is 2. The van der Waals surface area contributed by atoms with Gasteiger partial charge in [0, 0.05) is 13.6 Å². The molecule has 0 saturated carbocycles. The molecule has 1 heterocycles.